The van der Waals surface area contributed by atoms with Gasteiger partial charge in [-0.1, -0.05) is 26.7 Å². The van der Waals surface area contributed by atoms with E-state index < -0.39 is 0 Å². The standard InChI is InChI=1S/C14H29NS/c1-13(2)11-15-12-14(7-4-5-8-14)9-6-10-16-3/h13,15H,4-12H2,1-3H3. The minimum Gasteiger partial charge on any atom is -0.316 e. The molecule has 1 aliphatic carbocycles. The molecular formula is C14H29NS. The van der Waals surface area contributed by atoms with Crippen molar-refractivity contribution in [3.63, 3.8) is 0 Å². The average molecular weight is 243 g/mol. The second-order valence-electron chi connectivity index (χ2n) is 5.83. The van der Waals surface area contributed by atoms with Gasteiger partial charge >= 0.3 is 0 Å². The van der Waals surface area contributed by atoms with Gasteiger partial charge in [-0.3, -0.25) is 0 Å². The predicted molar refractivity (Wildman–Crippen MR) is 76.2 cm³/mol. The third-order valence-electron chi connectivity index (χ3n) is 3.77. The van der Waals surface area contributed by atoms with Crippen LogP contribution in [0, 0.1) is 11.3 Å². The number of hydrogen-bond acceptors (Lipinski definition) is 2. The molecule has 0 heterocycles. The van der Waals surface area contributed by atoms with Crippen LogP contribution in [0.3, 0.4) is 0 Å². The highest BCUT2D eigenvalue weighted by Gasteiger charge is 2.32. The molecule has 1 N–H and O–H groups in total. The van der Waals surface area contributed by atoms with Crippen LogP contribution >= 0.6 is 11.8 Å². The minimum atomic E-state index is 0.657. The molecule has 0 bridgehead atoms. The third kappa shape index (κ3) is 5.09. The van der Waals surface area contributed by atoms with Gasteiger partial charge in [-0.25, -0.2) is 0 Å². The van der Waals surface area contributed by atoms with Crippen LogP contribution in [0.25, 0.3) is 0 Å². The molecule has 0 spiro atoms. The minimum absolute atomic E-state index is 0.657. The van der Waals surface area contributed by atoms with Crippen LogP contribution in [0.5, 0.6) is 0 Å². The molecular weight excluding hydrogens is 214 g/mol. The van der Waals surface area contributed by atoms with Crippen LogP contribution in [0.1, 0.15) is 52.4 Å². The molecule has 1 fully saturated rings. The smallest absolute Gasteiger partial charge is 0.000792 e. The molecule has 0 aromatic carbocycles. The van der Waals surface area contributed by atoms with E-state index in [1.54, 1.807) is 0 Å². The summed E-state index contributed by atoms with van der Waals surface area (Å²) in [7, 11) is 0. The molecule has 0 atom stereocenters. The zero-order chi connectivity index (χ0) is 11.9. The maximum atomic E-state index is 3.69. The molecule has 0 unspecified atom stereocenters. The van der Waals surface area contributed by atoms with Crippen molar-refractivity contribution in [1.29, 1.82) is 0 Å². The summed E-state index contributed by atoms with van der Waals surface area (Å²) < 4.78 is 0. The lowest BCUT2D eigenvalue weighted by Crippen LogP contribution is -2.34. The first-order chi connectivity index (χ1) is 7.68. The van der Waals surface area contributed by atoms with Crippen molar-refractivity contribution in [3.05, 3.63) is 0 Å². The van der Waals surface area contributed by atoms with E-state index in [4.69, 9.17) is 0 Å². The molecule has 0 aromatic rings. The van der Waals surface area contributed by atoms with Gasteiger partial charge in [-0.15, -0.1) is 0 Å². The van der Waals surface area contributed by atoms with Crippen LogP contribution in [0.4, 0.5) is 0 Å². The molecule has 2 heteroatoms. The Morgan fingerprint density at radius 1 is 1.25 bits per heavy atom. The van der Waals surface area contributed by atoms with Crippen molar-refractivity contribution in [2.75, 3.05) is 25.1 Å². The van der Waals surface area contributed by atoms with E-state index in [0.717, 1.165) is 5.92 Å². The predicted octanol–water partition coefficient (Wildman–Crippen LogP) is 3.94. The maximum Gasteiger partial charge on any atom is 0.000792 e. The summed E-state index contributed by atoms with van der Waals surface area (Å²) in [5.74, 6) is 2.12. The Morgan fingerprint density at radius 3 is 2.50 bits per heavy atom. The molecule has 1 aliphatic rings. The lowest BCUT2D eigenvalue weighted by atomic mass is 9.81. The first-order valence-corrected chi connectivity index (χ1v) is 8.28. The molecule has 0 saturated heterocycles. The van der Waals surface area contributed by atoms with Gasteiger partial charge < -0.3 is 5.32 Å². The fourth-order valence-electron chi connectivity index (χ4n) is 2.86. The lowest BCUT2D eigenvalue weighted by molar-refractivity contribution is 0.252. The number of hydrogen-bond donors (Lipinski definition) is 1. The van der Waals surface area contributed by atoms with Crippen molar-refractivity contribution < 1.29 is 0 Å². The van der Waals surface area contributed by atoms with Gasteiger partial charge in [-0.2, -0.15) is 11.8 Å². The highest BCUT2D eigenvalue weighted by atomic mass is 32.2. The number of nitrogens with one attached hydrogen (secondary N) is 1. The van der Waals surface area contributed by atoms with Crippen LogP contribution in [-0.2, 0) is 0 Å². The Kier molecular flexibility index (Phi) is 6.83. The lowest BCUT2D eigenvalue weighted by Gasteiger charge is -2.30. The zero-order valence-corrected chi connectivity index (χ0v) is 12.2. The van der Waals surface area contributed by atoms with E-state index in [-0.39, 0.29) is 0 Å². The van der Waals surface area contributed by atoms with Gasteiger partial charge in [0.2, 0.25) is 0 Å². The SMILES string of the molecule is CSCCCC1(CNCC(C)C)CCCC1. The van der Waals surface area contributed by atoms with Gasteiger partial charge in [0.15, 0.2) is 0 Å². The van der Waals surface area contributed by atoms with E-state index in [9.17, 15) is 0 Å². The van der Waals surface area contributed by atoms with Gasteiger partial charge in [-0.05, 0) is 55.6 Å². The van der Waals surface area contributed by atoms with Crippen molar-refractivity contribution in [1.82, 2.24) is 5.32 Å². The molecule has 1 rings (SSSR count). The van der Waals surface area contributed by atoms with Crippen LogP contribution < -0.4 is 5.32 Å². The quantitative estimate of drug-likeness (QED) is 0.648. The second-order valence-corrected chi connectivity index (χ2v) is 6.81. The fraction of sp³-hybridized carbons (Fsp3) is 1.00. The molecule has 0 radical (unpaired) electrons. The van der Waals surface area contributed by atoms with Gasteiger partial charge in [0, 0.05) is 6.54 Å². The fourth-order valence-corrected chi connectivity index (χ4v) is 3.29. The summed E-state index contributed by atoms with van der Waals surface area (Å²) in [6.07, 6.45) is 10.9. The largest absolute Gasteiger partial charge is 0.316 e. The molecule has 1 nitrogen and oxygen atoms in total. The number of thioether (sulfide) groups is 1. The first kappa shape index (κ1) is 14.4. The summed E-state index contributed by atoms with van der Waals surface area (Å²) in [6.45, 7) is 7.04. The Hall–Kier alpha value is 0.310. The van der Waals surface area contributed by atoms with Gasteiger partial charge in [0.05, 0.1) is 0 Å². The molecule has 0 aromatic heterocycles. The Bertz CT molecular complexity index is 174. The van der Waals surface area contributed by atoms with E-state index in [0.29, 0.717) is 5.41 Å². The maximum absolute atomic E-state index is 3.69. The first-order valence-electron chi connectivity index (χ1n) is 6.88. The van der Waals surface area contributed by atoms with Gasteiger partial charge in [0.25, 0.3) is 0 Å². The highest BCUT2D eigenvalue weighted by Crippen LogP contribution is 2.41. The monoisotopic (exact) mass is 243 g/mol. The van der Waals surface area contributed by atoms with Crippen molar-refractivity contribution >= 4 is 11.8 Å². The van der Waals surface area contributed by atoms with Crippen molar-refractivity contribution in [2.45, 2.75) is 52.4 Å². The van der Waals surface area contributed by atoms with Crippen molar-refractivity contribution in [2.24, 2.45) is 11.3 Å². The van der Waals surface area contributed by atoms with E-state index in [1.807, 2.05) is 11.8 Å². The average Bonchev–Trinajstić information content (AvgIpc) is 2.67. The van der Waals surface area contributed by atoms with Crippen LogP contribution in [0.15, 0.2) is 0 Å². The van der Waals surface area contributed by atoms with E-state index >= 15 is 0 Å². The molecule has 0 amide bonds. The summed E-state index contributed by atoms with van der Waals surface area (Å²) in [5.41, 5.74) is 0.657. The molecule has 96 valence electrons. The topological polar surface area (TPSA) is 12.0 Å². The Balaban J connectivity index is 2.27. The molecule has 0 aliphatic heterocycles. The van der Waals surface area contributed by atoms with Gasteiger partial charge in [0.1, 0.15) is 0 Å². The zero-order valence-electron chi connectivity index (χ0n) is 11.3. The van der Waals surface area contributed by atoms with Crippen LogP contribution in [-0.4, -0.2) is 25.1 Å². The number of rotatable bonds is 8. The second kappa shape index (κ2) is 7.60. The Labute approximate surface area is 106 Å². The normalized spacial score (nSPS) is 19.5. The summed E-state index contributed by atoms with van der Waals surface area (Å²) in [5, 5.41) is 3.69. The highest BCUT2D eigenvalue weighted by molar-refractivity contribution is 7.98. The van der Waals surface area contributed by atoms with Crippen LogP contribution in [0.2, 0.25) is 0 Å². The van der Waals surface area contributed by atoms with E-state index in [2.05, 4.69) is 25.4 Å². The van der Waals surface area contributed by atoms with E-state index in [1.165, 1.54) is 57.4 Å². The summed E-state index contributed by atoms with van der Waals surface area (Å²) in [4.78, 5) is 0. The summed E-state index contributed by atoms with van der Waals surface area (Å²) in [6, 6.07) is 0. The summed E-state index contributed by atoms with van der Waals surface area (Å²) >= 11 is 1.99. The third-order valence-corrected chi connectivity index (χ3v) is 4.47. The molecule has 16 heavy (non-hydrogen) atoms. The Morgan fingerprint density at radius 2 is 1.94 bits per heavy atom. The van der Waals surface area contributed by atoms with Crippen molar-refractivity contribution in [3.8, 4) is 0 Å². The molecule has 1 saturated carbocycles.